The van der Waals surface area contributed by atoms with Crippen LogP contribution < -0.4 is 10.2 Å². The molecule has 0 fully saturated rings. The number of carbonyl (C=O) groups is 1. The molecule has 2 aromatic rings. The number of halogens is 1. The van der Waals surface area contributed by atoms with E-state index in [2.05, 4.69) is 5.48 Å². The number of para-hydroxylation sites is 1. The summed E-state index contributed by atoms with van der Waals surface area (Å²) in [6.07, 6.45) is 0.968. The van der Waals surface area contributed by atoms with Crippen molar-refractivity contribution in [3.63, 3.8) is 0 Å². The lowest BCUT2D eigenvalue weighted by atomic mass is 10.1. The second-order valence-electron chi connectivity index (χ2n) is 4.67. The van der Waals surface area contributed by atoms with Gasteiger partial charge in [-0.2, -0.15) is 0 Å². The molecule has 0 heterocycles. The third-order valence-corrected chi connectivity index (χ3v) is 3.15. The monoisotopic (exact) mass is 319 g/mol. The average molecular weight is 320 g/mol. The van der Waals surface area contributed by atoms with Gasteiger partial charge in [-0.15, -0.1) is 0 Å². The van der Waals surface area contributed by atoms with Gasteiger partial charge >= 0.3 is 0 Å². The molecule has 0 saturated carbocycles. The van der Waals surface area contributed by atoms with Crippen LogP contribution in [-0.2, 0) is 16.1 Å². The van der Waals surface area contributed by atoms with E-state index >= 15 is 0 Å². The summed E-state index contributed by atoms with van der Waals surface area (Å²) in [6.45, 7) is 0.663. The van der Waals surface area contributed by atoms with Crippen LogP contribution in [0, 0.1) is 0 Å². The largest absolute Gasteiger partial charge is 0.491 e. The topological polar surface area (TPSA) is 47.6 Å². The second kappa shape index (κ2) is 9.07. The van der Waals surface area contributed by atoms with Crippen molar-refractivity contribution >= 4 is 17.5 Å². The van der Waals surface area contributed by atoms with Crippen molar-refractivity contribution in [1.82, 2.24) is 5.48 Å². The van der Waals surface area contributed by atoms with Crippen LogP contribution in [-0.4, -0.2) is 19.1 Å². The van der Waals surface area contributed by atoms with Gasteiger partial charge in [-0.25, -0.2) is 5.48 Å². The van der Waals surface area contributed by atoms with Crippen LogP contribution in [0.2, 0.25) is 5.02 Å². The number of nitrogens with one attached hydrogen (secondary N) is 1. The van der Waals surface area contributed by atoms with Crippen molar-refractivity contribution in [2.75, 3.05) is 13.2 Å². The van der Waals surface area contributed by atoms with Crippen LogP contribution in [0.1, 0.15) is 12.0 Å². The number of hydrogen-bond acceptors (Lipinski definition) is 3. The standard InChI is InChI=1S/C17H18ClNO3/c18-15-6-4-5-14(13-15)9-10-17(20)19-22-12-11-21-16-7-2-1-3-8-16/h1-8,13H,9-12H2,(H,19,20). The van der Waals surface area contributed by atoms with E-state index in [1.165, 1.54) is 0 Å². The van der Waals surface area contributed by atoms with E-state index in [4.69, 9.17) is 21.2 Å². The maximum atomic E-state index is 11.6. The van der Waals surface area contributed by atoms with Gasteiger partial charge in [-0.1, -0.05) is 41.9 Å². The highest BCUT2D eigenvalue weighted by Gasteiger charge is 2.03. The minimum Gasteiger partial charge on any atom is -0.491 e. The van der Waals surface area contributed by atoms with Crippen LogP contribution in [0.5, 0.6) is 5.75 Å². The summed E-state index contributed by atoms with van der Waals surface area (Å²) in [4.78, 5) is 16.7. The van der Waals surface area contributed by atoms with Gasteiger partial charge in [0, 0.05) is 11.4 Å². The maximum Gasteiger partial charge on any atom is 0.243 e. The molecule has 1 amide bonds. The van der Waals surface area contributed by atoms with Gasteiger partial charge in [0.25, 0.3) is 0 Å². The molecule has 0 saturated heterocycles. The number of ether oxygens (including phenoxy) is 1. The van der Waals surface area contributed by atoms with E-state index in [0.29, 0.717) is 24.5 Å². The Kier molecular flexibility index (Phi) is 6.74. The Hall–Kier alpha value is -2.04. The Bertz CT molecular complexity index is 589. The molecular formula is C17H18ClNO3. The van der Waals surface area contributed by atoms with Crippen molar-refractivity contribution < 1.29 is 14.4 Å². The smallest absolute Gasteiger partial charge is 0.243 e. The molecule has 2 aromatic carbocycles. The third-order valence-electron chi connectivity index (χ3n) is 2.91. The van der Waals surface area contributed by atoms with Gasteiger partial charge in [0.1, 0.15) is 19.0 Å². The molecule has 1 N–H and O–H groups in total. The molecule has 4 nitrogen and oxygen atoms in total. The third kappa shape index (κ3) is 6.16. The summed E-state index contributed by atoms with van der Waals surface area (Å²) < 4.78 is 5.44. The Labute approximate surface area is 135 Å². The van der Waals surface area contributed by atoms with Crippen LogP contribution in [0.25, 0.3) is 0 Å². The molecule has 2 rings (SSSR count). The first-order valence-electron chi connectivity index (χ1n) is 7.07. The number of aryl methyl sites for hydroxylation is 1. The zero-order valence-corrected chi connectivity index (χ0v) is 12.9. The van der Waals surface area contributed by atoms with Crippen molar-refractivity contribution in [3.8, 4) is 5.75 Å². The first kappa shape index (κ1) is 16.3. The molecular weight excluding hydrogens is 302 g/mol. The van der Waals surface area contributed by atoms with E-state index < -0.39 is 0 Å². The lowest BCUT2D eigenvalue weighted by molar-refractivity contribution is -0.134. The molecule has 0 unspecified atom stereocenters. The molecule has 0 radical (unpaired) electrons. The lowest BCUT2D eigenvalue weighted by Crippen LogP contribution is -2.26. The molecule has 0 aliphatic rings. The number of hydroxylamine groups is 1. The van der Waals surface area contributed by atoms with E-state index in [1.807, 2.05) is 48.5 Å². The molecule has 0 aliphatic carbocycles. The van der Waals surface area contributed by atoms with Crippen LogP contribution in [0.3, 0.4) is 0 Å². The summed E-state index contributed by atoms with van der Waals surface area (Å²) in [7, 11) is 0. The molecule has 0 aromatic heterocycles. The Morgan fingerprint density at radius 1 is 1.05 bits per heavy atom. The van der Waals surface area contributed by atoms with Gasteiger partial charge in [0.05, 0.1) is 0 Å². The van der Waals surface area contributed by atoms with Crippen LogP contribution in [0.15, 0.2) is 54.6 Å². The average Bonchev–Trinajstić information content (AvgIpc) is 2.54. The second-order valence-corrected chi connectivity index (χ2v) is 5.10. The quantitative estimate of drug-likeness (QED) is 0.599. The summed E-state index contributed by atoms with van der Waals surface area (Å²) in [5, 5.41) is 0.673. The molecule has 0 aliphatic heterocycles. The van der Waals surface area contributed by atoms with Crippen molar-refractivity contribution in [2.45, 2.75) is 12.8 Å². The highest BCUT2D eigenvalue weighted by molar-refractivity contribution is 6.30. The van der Waals surface area contributed by atoms with Crippen molar-refractivity contribution in [1.29, 1.82) is 0 Å². The zero-order valence-electron chi connectivity index (χ0n) is 12.1. The Morgan fingerprint density at radius 2 is 1.86 bits per heavy atom. The minimum atomic E-state index is -0.167. The van der Waals surface area contributed by atoms with Gasteiger partial charge in [0.15, 0.2) is 0 Å². The summed E-state index contributed by atoms with van der Waals surface area (Å²) >= 11 is 5.89. The van der Waals surface area contributed by atoms with Gasteiger partial charge in [0.2, 0.25) is 5.91 Å². The van der Waals surface area contributed by atoms with E-state index in [9.17, 15) is 4.79 Å². The predicted octanol–water partition coefficient (Wildman–Crippen LogP) is 3.40. The first-order valence-corrected chi connectivity index (χ1v) is 7.45. The van der Waals surface area contributed by atoms with E-state index in [0.717, 1.165) is 11.3 Å². The number of carbonyl (C=O) groups excluding carboxylic acids is 1. The molecule has 0 atom stereocenters. The fraction of sp³-hybridized carbons (Fsp3) is 0.235. The summed E-state index contributed by atoms with van der Waals surface area (Å²) in [6, 6.07) is 16.9. The highest BCUT2D eigenvalue weighted by Crippen LogP contribution is 2.12. The van der Waals surface area contributed by atoms with Crippen molar-refractivity contribution in [3.05, 3.63) is 65.2 Å². The maximum absolute atomic E-state index is 11.6. The molecule has 0 bridgehead atoms. The minimum absolute atomic E-state index is 0.167. The molecule has 22 heavy (non-hydrogen) atoms. The number of hydrogen-bond donors (Lipinski definition) is 1. The SMILES string of the molecule is O=C(CCc1cccc(Cl)c1)NOCCOc1ccccc1. The Morgan fingerprint density at radius 3 is 2.64 bits per heavy atom. The van der Waals surface area contributed by atoms with Gasteiger partial charge < -0.3 is 4.74 Å². The summed E-state index contributed by atoms with van der Waals surface area (Å²) in [5.41, 5.74) is 3.43. The molecule has 116 valence electrons. The highest BCUT2D eigenvalue weighted by atomic mass is 35.5. The number of amides is 1. The molecule has 5 heteroatoms. The molecule has 0 spiro atoms. The van der Waals surface area contributed by atoms with E-state index in [1.54, 1.807) is 6.07 Å². The van der Waals surface area contributed by atoms with Crippen LogP contribution in [0.4, 0.5) is 0 Å². The number of benzene rings is 2. The summed E-state index contributed by atoms with van der Waals surface area (Å²) in [5.74, 6) is 0.609. The fourth-order valence-electron chi connectivity index (χ4n) is 1.85. The Balaban J connectivity index is 1.56. The van der Waals surface area contributed by atoms with Gasteiger partial charge in [-0.05, 0) is 36.2 Å². The van der Waals surface area contributed by atoms with Crippen molar-refractivity contribution in [2.24, 2.45) is 0 Å². The zero-order chi connectivity index (χ0) is 15.6. The fourth-order valence-corrected chi connectivity index (χ4v) is 2.06. The normalized spacial score (nSPS) is 10.2. The van der Waals surface area contributed by atoms with Crippen LogP contribution >= 0.6 is 11.6 Å². The first-order chi connectivity index (χ1) is 10.7. The predicted molar refractivity (Wildman–Crippen MR) is 85.8 cm³/mol. The van der Waals surface area contributed by atoms with E-state index in [-0.39, 0.29) is 12.5 Å². The lowest BCUT2D eigenvalue weighted by Gasteiger charge is -2.08. The number of rotatable bonds is 8. The van der Waals surface area contributed by atoms with Gasteiger partial charge in [-0.3, -0.25) is 9.63 Å².